The summed E-state index contributed by atoms with van der Waals surface area (Å²) in [5.74, 6) is 0.454. The van der Waals surface area contributed by atoms with Gasteiger partial charge in [-0.25, -0.2) is 5.43 Å². The molecule has 0 unspecified atom stereocenters. The van der Waals surface area contributed by atoms with Gasteiger partial charge < -0.3 is 9.32 Å². The molecule has 4 rings (SSSR count). The first-order valence-electron chi connectivity index (χ1n) is 9.89. The molecule has 1 aliphatic rings. The minimum absolute atomic E-state index is 0.221. The molecular formula is C23H21BrN4O3. The van der Waals surface area contributed by atoms with Crippen molar-refractivity contribution in [3.8, 4) is 0 Å². The predicted octanol–water partition coefficient (Wildman–Crippen LogP) is 4.49. The summed E-state index contributed by atoms with van der Waals surface area (Å²) < 4.78 is 6.69. The van der Waals surface area contributed by atoms with Crippen LogP contribution in [0.1, 0.15) is 50.6 Å². The molecule has 7 nitrogen and oxygen atoms in total. The smallest absolute Gasteiger partial charge is 0.294 e. The third kappa shape index (κ3) is 4.29. The van der Waals surface area contributed by atoms with E-state index in [9.17, 15) is 9.59 Å². The third-order valence-corrected chi connectivity index (χ3v) is 5.66. The maximum atomic E-state index is 13.1. The molecule has 31 heavy (non-hydrogen) atoms. The molecule has 0 spiro atoms. The standard InChI is InChI=1S/C23H21BrN4O3/c1-14-20-18(26-27-22(29)15-11-16(24)13-25-12-15)9-6-10-19(20)31-21(14)23(30)28(2)17-7-4-3-5-8-17/h3-5,7-8,11-13H,6,9-10H2,1-2H3,(H,27,29)/b26-18+. The van der Waals surface area contributed by atoms with Gasteiger partial charge in [0.2, 0.25) is 0 Å². The Morgan fingerprint density at radius 2 is 1.97 bits per heavy atom. The summed E-state index contributed by atoms with van der Waals surface area (Å²) in [5.41, 5.74) is 6.04. The zero-order valence-electron chi connectivity index (χ0n) is 17.2. The Hall–Kier alpha value is -3.26. The Bertz CT molecular complexity index is 1170. The largest absolute Gasteiger partial charge is 0.455 e. The van der Waals surface area contributed by atoms with Crippen LogP contribution in [0.2, 0.25) is 0 Å². The highest BCUT2D eigenvalue weighted by atomic mass is 79.9. The molecule has 1 aromatic carbocycles. The van der Waals surface area contributed by atoms with Gasteiger partial charge in [0.05, 0.1) is 11.3 Å². The van der Waals surface area contributed by atoms with E-state index in [1.807, 2.05) is 37.3 Å². The van der Waals surface area contributed by atoms with Gasteiger partial charge in [-0.3, -0.25) is 14.6 Å². The molecule has 0 fully saturated rings. The summed E-state index contributed by atoms with van der Waals surface area (Å²) in [4.78, 5) is 31.1. The van der Waals surface area contributed by atoms with Gasteiger partial charge in [0.15, 0.2) is 5.76 Å². The fraction of sp³-hybridized carbons (Fsp3) is 0.217. The summed E-state index contributed by atoms with van der Waals surface area (Å²) in [5, 5.41) is 4.36. The van der Waals surface area contributed by atoms with Crippen LogP contribution >= 0.6 is 15.9 Å². The van der Waals surface area contributed by atoms with E-state index in [-0.39, 0.29) is 11.8 Å². The molecule has 8 heteroatoms. The van der Waals surface area contributed by atoms with Gasteiger partial charge >= 0.3 is 0 Å². The molecular weight excluding hydrogens is 460 g/mol. The van der Waals surface area contributed by atoms with Crippen molar-refractivity contribution >= 4 is 39.1 Å². The summed E-state index contributed by atoms with van der Waals surface area (Å²) in [6.45, 7) is 1.86. The number of aryl methyl sites for hydroxylation is 1. The molecule has 0 aliphatic heterocycles. The van der Waals surface area contributed by atoms with Gasteiger partial charge in [0, 0.05) is 47.1 Å². The third-order valence-electron chi connectivity index (χ3n) is 5.23. The Kier molecular flexibility index (Phi) is 5.99. The van der Waals surface area contributed by atoms with Crippen molar-refractivity contribution in [1.82, 2.24) is 10.4 Å². The number of para-hydroxylation sites is 1. The molecule has 2 amide bonds. The van der Waals surface area contributed by atoms with E-state index in [4.69, 9.17) is 4.42 Å². The first kappa shape index (κ1) is 21.0. The average Bonchev–Trinajstić information content (AvgIpc) is 3.14. The van der Waals surface area contributed by atoms with Crippen LogP contribution in [0.4, 0.5) is 5.69 Å². The van der Waals surface area contributed by atoms with Crippen molar-refractivity contribution in [3.63, 3.8) is 0 Å². The molecule has 158 valence electrons. The Morgan fingerprint density at radius 3 is 2.71 bits per heavy atom. The molecule has 1 aliphatic carbocycles. The van der Waals surface area contributed by atoms with Crippen LogP contribution in [0.5, 0.6) is 0 Å². The van der Waals surface area contributed by atoms with Gasteiger partial charge in [0.1, 0.15) is 5.76 Å². The topological polar surface area (TPSA) is 87.8 Å². The predicted molar refractivity (Wildman–Crippen MR) is 121 cm³/mol. The molecule has 0 saturated heterocycles. The number of nitrogens with zero attached hydrogens (tertiary/aromatic N) is 3. The number of carbonyl (C=O) groups is 2. The summed E-state index contributed by atoms with van der Waals surface area (Å²) in [6.07, 6.45) is 5.32. The summed E-state index contributed by atoms with van der Waals surface area (Å²) in [7, 11) is 1.72. The number of carbonyl (C=O) groups excluding carboxylic acids is 2. The number of aromatic nitrogens is 1. The lowest BCUT2D eigenvalue weighted by Crippen LogP contribution is -2.26. The average molecular weight is 481 g/mol. The van der Waals surface area contributed by atoms with Gasteiger partial charge in [-0.2, -0.15) is 5.10 Å². The molecule has 2 aromatic heterocycles. The number of nitrogens with one attached hydrogen (secondary N) is 1. The fourth-order valence-corrected chi connectivity index (χ4v) is 3.99. The van der Waals surface area contributed by atoms with Crippen LogP contribution in [0, 0.1) is 6.92 Å². The second-order valence-electron chi connectivity index (χ2n) is 7.30. The number of amides is 2. The van der Waals surface area contributed by atoms with Crippen molar-refractivity contribution in [3.05, 3.63) is 81.5 Å². The molecule has 3 aromatic rings. The summed E-state index contributed by atoms with van der Waals surface area (Å²) in [6, 6.07) is 11.1. The van der Waals surface area contributed by atoms with Crippen molar-refractivity contribution in [2.45, 2.75) is 26.2 Å². The highest BCUT2D eigenvalue weighted by Gasteiger charge is 2.29. The molecule has 2 heterocycles. The van der Waals surface area contributed by atoms with Crippen LogP contribution in [0.25, 0.3) is 0 Å². The Morgan fingerprint density at radius 1 is 1.19 bits per heavy atom. The number of furan rings is 1. The van der Waals surface area contributed by atoms with Crippen LogP contribution in [0.3, 0.4) is 0 Å². The lowest BCUT2D eigenvalue weighted by molar-refractivity contribution is 0.0950. The SMILES string of the molecule is Cc1c(C(=O)N(C)c2ccccc2)oc2c1/C(=N/NC(=O)c1cncc(Br)c1)CCC2. The highest BCUT2D eigenvalue weighted by Crippen LogP contribution is 2.31. The summed E-state index contributed by atoms with van der Waals surface area (Å²) >= 11 is 3.31. The molecule has 1 N–H and O–H groups in total. The van der Waals surface area contributed by atoms with E-state index in [0.29, 0.717) is 27.9 Å². The molecule has 0 bridgehead atoms. The number of halogens is 1. The number of hydrogen-bond acceptors (Lipinski definition) is 5. The maximum absolute atomic E-state index is 13.1. The quantitative estimate of drug-likeness (QED) is 0.557. The lowest BCUT2D eigenvalue weighted by atomic mass is 9.93. The number of fused-ring (bicyclic) bond motifs is 1. The van der Waals surface area contributed by atoms with Gasteiger partial charge in [-0.05, 0) is 53.9 Å². The van der Waals surface area contributed by atoms with Crippen molar-refractivity contribution in [2.75, 3.05) is 11.9 Å². The zero-order chi connectivity index (χ0) is 22.0. The monoisotopic (exact) mass is 480 g/mol. The van der Waals surface area contributed by atoms with Crippen LogP contribution in [0.15, 0.2) is 62.8 Å². The first-order chi connectivity index (χ1) is 15.0. The Balaban J connectivity index is 1.60. The minimum Gasteiger partial charge on any atom is -0.455 e. The van der Waals surface area contributed by atoms with E-state index >= 15 is 0 Å². The first-order valence-corrected chi connectivity index (χ1v) is 10.7. The fourth-order valence-electron chi connectivity index (χ4n) is 3.62. The van der Waals surface area contributed by atoms with E-state index in [1.165, 1.54) is 6.20 Å². The molecule has 0 radical (unpaired) electrons. The van der Waals surface area contributed by atoms with Crippen LogP contribution in [-0.4, -0.2) is 29.6 Å². The second kappa shape index (κ2) is 8.85. The van der Waals surface area contributed by atoms with Gasteiger partial charge in [-0.15, -0.1) is 0 Å². The maximum Gasteiger partial charge on any atom is 0.294 e. The van der Waals surface area contributed by atoms with Crippen LogP contribution in [-0.2, 0) is 6.42 Å². The number of pyridine rings is 1. The number of anilines is 1. The Labute approximate surface area is 188 Å². The number of hydrazone groups is 1. The van der Waals surface area contributed by atoms with E-state index in [1.54, 1.807) is 24.2 Å². The highest BCUT2D eigenvalue weighted by molar-refractivity contribution is 9.10. The number of rotatable bonds is 4. The normalized spacial score (nSPS) is 14.2. The molecule has 0 saturated carbocycles. The van der Waals surface area contributed by atoms with Crippen LogP contribution < -0.4 is 10.3 Å². The number of benzene rings is 1. The molecule has 0 atom stereocenters. The van der Waals surface area contributed by atoms with Gasteiger partial charge in [0.25, 0.3) is 11.8 Å². The van der Waals surface area contributed by atoms with Gasteiger partial charge in [-0.1, -0.05) is 18.2 Å². The van der Waals surface area contributed by atoms with E-state index < -0.39 is 0 Å². The lowest BCUT2D eigenvalue weighted by Gasteiger charge is -2.16. The van der Waals surface area contributed by atoms with Crippen molar-refractivity contribution < 1.29 is 14.0 Å². The van der Waals surface area contributed by atoms with Crippen molar-refractivity contribution in [1.29, 1.82) is 0 Å². The van der Waals surface area contributed by atoms with Crippen molar-refractivity contribution in [2.24, 2.45) is 5.10 Å². The van der Waals surface area contributed by atoms with E-state index in [0.717, 1.165) is 35.4 Å². The minimum atomic E-state index is -0.352. The second-order valence-corrected chi connectivity index (χ2v) is 8.21. The zero-order valence-corrected chi connectivity index (χ0v) is 18.8. The van der Waals surface area contributed by atoms with E-state index in [2.05, 4.69) is 31.4 Å². The number of hydrogen-bond donors (Lipinski definition) is 1.